The van der Waals surface area contributed by atoms with E-state index in [1.165, 1.54) is 12.2 Å². The Bertz CT molecular complexity index is 610. The Morgan fingerprint density at radius 3 is 2.39 bits per heavy atom. The van der Waals surface area contributed by atoms with Gasteiger partial charge in [0.2, 0.25) is 0 Å². The Labute approximate surface area is 105 Å². The van der Waals surface area contributed by atoms with Crippen molar-refractivity contribution in [2.45, 2.75) is 13.8 Å². The number of aryl methyl sites for hydroxylation is 2. The van der Waals surface area contributed by atoms with E-state index in [0.717, 1.165) is 16.9 Å². The van der Waals surface area contributed by atoms with E-state index in [1.807, 2.05) is 13.8 Å². The minimum atomic E-state index is -0.209. The van der Waals surface area contributed by atoms with Gasteiger partial charge in [0.25, 0.3) is 5.91 Å². The number of carbonyl (C=O) groups is 1. The average Bonchev–Trinajstić information content (AvgIpc) is 2.37. The SMILES string of the molecule is CON(C)C(=O)c1ccc2nc(C)c(C)nc2c1. The lowest BCUT2D eigenvalue weighted by Gasteiger charge is -2.13. The third-order valence-corrected chi connectivity index (χ3v) is 2.88. The monoisotopic (exact) mass is 245 g/mol. The summed E-state index contributed by atoms with van der Waals surface area (Å²) in [5, 5.41) is 1.18. The van der Waals surface area contributed by atoms with Gasteiger partial charge in [-0.3, -0.25) is 9.63 Å². The number of hydrogen-bond donors (Lipinski definition) is 0. The van der Waals surface area contributed by atoms with Gasteiger partial charge < -0.3 is 0 Å². The van der Waals surface area contributed by atoms with E-state index in [2.05, 4.69) is 9.97 Å². The molecule has 0 bridgehead atoms. The predicted octanol–water partition coefficient (Wildman–Crippen LogP) is 1.88. The zero-order valence-electron chi connectivity index (χ0n) is 10.9. The van der Waals surface area contributed by atoms with Crippen LogP contribution < -0.4 is 0 Å². The molecule has 0 saturated carbocycles. The highest BCUT2D eigenvalue weighted by atomic mass is 16.7. The van der Waals surface area contributed by atoms with Crippen LogP contribution in [0.2, 0.25) is 0 Å². The maximum Gasteiger partial charge on any atom is 0.277 e. The molecule has 18 heavy (non-hydrogen) atoms. The van der Waals surface area contributed by atoms with E-state index in [4.69, 9.17) is 4.84 Å². The van der Waals surface area contributed by atoms with Crippen LogP contribution in [0.25, 0.3) is 11.0 Å². The number of rotatable bonds is 2. The van der Waals surface area contributed by atoms with Gasteiger partial charge in [0.15, 0.2) is 0 Å². The molecule has 0 N–H and O–H groups in total. The lowest BCUT2D eigenvalue weighted by atomic mass is 10.1. The smallest absolute Gasteiger partial charge is 0.274 e. The number of amides is 1. The van der Waals surface area contributed by atoms with Gasteiger partial charge in [0.1, 0.15) is 0 Å². The maximum atomic E-state index is 11.9. The first-order chi connectivity index (χ1) is 8.52. The summed E-state index contributed by atoms with van der Waals surface area (Å²) in [4.78, 5) is 25.6. The molecule has 1 heterocycles. The van der Waals surface area contributed by atoms with Crippen molar-refractivity contribution >= 4 is 16.9 Å². The molecule has 1 aromatic heterocycles. The van der Waals surface area contributed by atoms with Crippen molar-refractivity contribution in [2.75, 3.05) is 14.2 Å². The second-order valence-corrected chi connectivity index (χ2v) is 4.08. The number of hydroxylamine groups is 2. The molecule has 0 fully saturated rings. The topological polar surface area (TPSA) is 55.3 Å². The summed E-state index contributed by atoms with van der Waals surface area (Å²) in [6.45, 7) is 3.82. The number of benzene rings is 1. The standard InChI is InChI=1S/C13H15N3O2/c1-8-9(2)15-12-7-10(5-6-11(12)14-8)13(17)16(3)18-4/h5-7H,1-4H3. The fourth-order valence-corrected chi connectivity index (χ4v) is 1.63. The third kappa shape index (κ3) is 2.17. The molecule has 5 nitrogen and oxygen atoms in total. The molecule has 0 radical (unpaired) electrons. The first-order valence-corrected chi connectivity index (χ1v) is 5.60. The van der Waals surface area contributed by atoms with Crippen molar-refractivity contribution in [3.8, 4) is 0 Å². The Hall–Kier alpha value is -2.01. The molecular weight excluding hydrogens is 230 g/mol. The molecule has 0 saturated heterocycles. The molecule has 94 valence electrons. The number of hydrogen-bond acceptors (Lipinski definition) is 4. The van der Waals surface area contributed by atoms with Gasteiger partial charge in [0.05, 0.1) is 29.5 Å². The van der Waals surface area contributed by atoms with Crippen LogP contribution in [0, 0.1) is 13.8 Å². The summed E-state index contributed by atoms with van der Waals surface area (Å²) in [5.41, 5.74) is 3.80. The van der Waals surface area contributed by atoms with Crippen molar-refractivity contribution in [2.24, 2.45) is 0 Å². The highest BCUT2D eigenvalue weighted by molar-refractivity contribution is 5.96. The highest BCUT2D eigenvalue weighted by Gasteiger charge is 2.12. The van der Waals surface area contributed by atoms with E-state index in [1.54, 1.807) is 25.2 Å². The first-order valence-electron chi connectivity index (χ1n) is 5.60. The van der Waals surface area contributed by atoms with E-state index in [9.17, 15) is 4.79 Å². The first kappa shape index (κ1) is 12.4. The zero-order valence-corrected chi connectivity index (χ0v) is 10.9. The van der Waals surface area contributed by atoms with Crippen molar-refractivity contribution < 1.29 is 9.63 Å². The molecule has 2 rings (SSSR count). The van der Waals surface area contributed by atoms with Crippen LogP contribution in [0.3, 0.4) is 0 Å². The predicted molar refractivity (Wildman–Crippen MR) is 68.1 cm³/mol. The van der Waals surface area contributed by atoms with Gasteiger partial charge in [-0.1, -0.05) is 0 Å². The summed E-state index contributed by atoms with van der Waals surface area (Å²) in [7, 11) is 3.02. The summed E-state index contributed by atoms with van der Waals surface area (Å²) < 4.78 is 0. The van der Waals surface area contributed by atoms with Crippen molar-refractivity contribution in [1.29, 1.82) is 0 Å². The molecule has 0 aliphatic rings. The third-order valence-electron chi connectivity index (χ3n) is 2.88. The van der Waals surface area contributed by atoms with Crippen LogP contribution in [-0.2, 0) is 4.84 Å². The van der Waals surface area contributed by atoms with E-state index < -0.39 is 0 Å². The molecular formula is C13H15N3O2. The van der Waals surface area contributed by atoms with Crippen LogP contribution in [0.4, 0.5) is 0 Å². The van der Waals surface area contributed by atoms with Gasteiger partial charge >= 0.3 is 0 Å². The second kappa shape index (κ2) is 4.70. The molecule has 1 amide bonds. The minimum Gasteiger partial charge on any atom is -0.274 e. The van der Waals surface area contributed by atoms with E-state index in [0.29, 0.717) is 11.1 Å². The Balaban J connectivity index is 2.50. The fourth-order valence-electron chi connectivity index (χ4n) is 1.63. The summed E-state index contributed by atoms with van der Waals surface area (Å²) in [6, 6.07) is 5.25. The number of nitrogens with zero attached hydrogens (tertiary/aromatic N) is 3. The molecule has 5 heteroatoms. The van der Waals surface area contributed by atoms with Gasteiger partial charge in [-0.15, -0.1) is 0 Å². The fraction of sp³-hybridized carbons (Fsp3) is 0.308. The van der Waals surface area contributed by atoms with Crippen molar-refractivity contribution in [3.05, 3.63) is 35.2 Å². The lowest BCUT2D eigenvalue weighted by Crippen LogP contribution is -2.25. The molecule has 0 atom stereocenters. The minimum absolute atomic E-state index is 0.209. The summed E-state index contributed by atoms with van der Waals surface area (Å²) >= 11 is 0. The molecule has 0 aliphatic heterocycles. The second-order valence-electron chi connectivity index (χ2n) is 4.08. The van der Waals surface area contributed by atoms with Gasteiger partial charge in [-0.05, 0) is 32.0 Å². The normalized spacial score (nSPS) is 10.7. The molecule has 0 aliphatic carbocycles. The largest absolute Gasteiger partial charge is 0.277 e. The molecule has 0 spiro atoms. The van der Waals surface area contributed by atoms with Crippen LogP contribution in [0.15, 0.2) is 18.2 Å². The van der Waals surface area contributed by atoms with Crippen molar-refractivity contribution in [3.63, 3.8) is 0 Å². The average molecular weight is 245 g/mol. The van der Waals surface area contributed by atoms with Gasteiger partial charge in [-0.2, -0.15) is 0 Å². The number of carbonyl (C=O) groups excluding carboxylic acids is 1. The van der Waals surface area contributed by atoms with Gasteiger partial charge in [-0.25, -0.2) is 15.0 Å². The Morgan fingerprint density at radius 1 is 1.17 bits per heavy atom. The zero-order chi connectivity index (χ0) is 13.3. The van der Waals surface area contributed by atoms with Crippen LogP contribution in [-0.4, -0.2) is 35.1 Å². The molecule has 1 aromatic carbocycles. The number of fused-ring (bicyclic) bond motifs is 1. The maximum absolute atomic E-state index is 11.9. The van der Waals surface area contributed by atoms with Crippen molar-refractivity contribution in [1.82, 2.24) is 15.0 Å². The van der Waals surface area contributed by atoms with E-state index >= 15 is 0 Å². The molecule has 0 unspecified atom stereocenters. The quantitative estimate of drug-likeness (QED) is 0.758. The van der Waals surface area contributed by atoms with Crippen LogP contribution in [0.5, 0.6) is 0 Å². The summed E-state index contributed by atoms with van der Waals surface area (Å²) in [5.74, 6) is -0.209. The highest BCUT2D eigenvalue weighted by Crippen LogP contribution is 2.15. The Kier molecular flexibility index (Phi) is 3.25. The van der Waals surface area contributed by atoms with Gasteiger partial charge in [0, 0.05) is 12.6 Å². The van der Waals surface area contributed by atoms with Crippen LogP contribution in [0.1, 0.15) is 21.7 Å². The number of aromatic nitrogens is 2. The van der Waals surface area contributed by atoms with E-state index in [-0.39, 0.29) is 5.91 Å². The van der Waals surface area contributed by atoms with Crippen LogP contribution >= 0.6 is 0 Å². The summed E-state index contributed by atoms with van der Waals surface area (Å²) in [6.07, 6.45) is 0. The molecule has 2 aromatic rings. The lowest BCUT2D eigenvalue weighted by molar-refractivity contribution is -0.0756. The Morgan fingerprint density at radius 2 is 1.78 bits per heavy atom.